The lowest BCUT2D eigenvalue weighted by Crippen LogP contribution is -2.40. The minimum Gasteiger partial charge on any atom is -0.409 e. The van der Waals surface area contributed by atoms with Crippen molar-refractivity contribution in [2.45, 2.75) is 32.0 Å². The van der Waals surface area contributed by atoms with Gasteiger partial charge < -0.3 is 10.9 Å². The van der Waals surface area contributed by atoms with Gasteiger partial charge in [0, 0.05) is 12.5 Å². The summed E-state index contributed by atoms with van der Waals surface area (Å²) in [5.74, 6) is -0.0594. The first-order chi connectivity index (χ1) is 6.80. The number of alkyl halides is 3. The fourth-order valence-corrected chi connectivity index (χ4v) is 1.31. The highest BCUT2D eigenvalue weighted by Gasteiger charge is 2.31. The van der Waals surface area contributed by atoms with E-state index in [2.05, 4.69) is 5.16 Å². The molecule has 0 aliphatic carbocycles. The second-order valence-electron chi connectivity index (χ2n) is 3.39. The summed E-state index contributed by atoms with van der Waals surface area (Å²) in [5, 5.41) is 11.1. The highest BCUT2D eigenvalue weighted by atomic mass is 19.4. The van der Waals surface area contributed by atoms with Gasteiger partial charge in [-0.15, -0.1) is 0 Å². The summed E-state index contributed by atoms with van der Waals surface area (Å²) in [4.78, 5) is 1.15. The van der Waals surface area contributed by atoms with E-state index < -0.39 is 12.7 Å². The molecule has 0 aliphatic rings. The number of halogens is 3. The van der Waals surface area contributed by atoms with E-state index in [1.54, 1.807) is 6.92 Å². The summed E-state index contributed by atoms with van der Waals surface area (Å²) in [6.07, 6.45) is -3.60. The van der Waals surface area contributed by atoms with Gasteiger partial charge in [0.25, 0.3) is 0 Å². The molecule has 15 heavy (non-hydrogen) atoms. The number of oxime groups is 1. The number of rotatable bonds is 5. The molecule has 90 valence electrons. The molecule has 3 N–H and O–H groups in total. The molecule has 0 aromatic rings. The van der Waals surface area contributed by atoms with Crippen molar-refractivity contribution in [1.82, 2.24) is 4.90 Å². The maximum Gasteiger partial charge on any atom is 0.401 e. The van der Waals surface area contributed by atoms with Crippen LogP contribution in [0.25, 0.3) is 0 Å². The van der Waals surface area contributed by atoms with E-state index in [1.807, 2.05) is 0 Å². The topological polar surface area (TPSA) is 61.9 Å². The zero-order chi connectivity index (χ0) is 12.1. The van der Waals surface area contributed by atoms with Crippen molar-refractivity contribution in [1.29, 1.82) is 0 Å². The van der Waals surface area contributed by atoms with Gasteiger partial charge in [-0.2, -0.15) is 13.2 Å². The average molecular weight is 227 g/mol. The Morgan fingerprint density at radius 2 is 2.07 bits per heavy atom. The molecule has 0 radical (unpaired) electrons. The Morgan fingerprint density at radius 3 is 2.40 bits per heavy atom. The molecule has 0 saturated carbocycles. The molecule has 0 amide bonds. The molecule has 0 fully saturated rings. The standard InChI is InChI=1S/C8H16F3N3O/c1-3-6(4-7(12)13-15)14(2)5-8(9,10)11/h6,15H,3-5H2,1-2H3,(H2,12,13). The summed E-state index contributed by atoms with van der Waals surface area (Å²) >= 11 is 0. The summed E-state index contributed by atoms with van der Waals surface area (Å²) in [5.41, 5.74) is 5.24. The maximum absolute atomic E-state index is 12.1. The van der Waals surface area contributed by atoms with E-state index in [0.29, 0.717) is 6.42 Å². The number of hydrogen-bond acceptors (Lipinski definition) is 3. The third kappa shape index (κ3) is 6.16. The van der Waals surface area contributed by atoms with Crippen LogP contribution in [-0.2, 0) is 0 Å². The molecule has 0 rings (SSSR count). The van der Waals surface area contributed by atoms with Crippen LogP contribution in [0.1, 0.15) is 19.8 Å². The summed E-state index contributed by atoms with van der Waals surface area (Å²) < 4.78 is 36.2. The van der Waals surface area contributed by atoms with Crippen LogP contribution in [0.2, 0.25) is 0 Å². The Morgan fingerprint density at radius 1 is 1.53 bits per heavy atom. The van der Waals surface area contributed by atoms with Gasteiger partial charge in [-0.1, -0.05) is 12.1 Å². The van der Waals surface area contributed by atoms with Crippen LogP contribution in [-0.4, -0.2) is 41.8 Å². The number of amidine groups is 1. The van der Waals surface area contributed by atoms with E-state index in [-0.39, 0.29) is 18.3 Å². The molecule has 0 aromatic carbocycles. The fourth-order valence-electron chi connectivity index (χ4n) is 1.31. The summed E-state index contributed by atoms with van der Waals surface area (Å²) in [6.45, 7) is 0.756. The minimum atomic E-state index is -4.23. The maximum atomic E-state index is 12.1. The molecular weight excluding hydrogens is 211 g/mol. The Labute approximate surface area is 86.5 Å². The zero-order valence-corrected chi connectivity index (χ0v) is 8.75. The van der Waals surface area contributed by atoms with Crippen LogP contribution < -0.4 is 5.73 Å². The van der Waals surface area contributed by atoms with Crippen molar-refractivity contribution >= 4 is 5.84 Å². The van der Waals surface area contributed by atoms with Crippen LogP contribution in [0, 0.1) is 0 Å². The molecule has 0 saturated heterocycles. The smallest absolute Gasteiger partial charge is 0.401 e. The first-order valence-electron chi connectivity index (χ1n) is 4.53. The van der Waals surface area contributed by atoms with E-state index >= 15 is 0 Å². The third-order valence-electron chi connectivity index (χ3n) is 2.10. The van der Waals surface area contributed by atoms with Crippen LogP contribution in [0.5, 0.6) is 0 Å². The molecular formula is C8H16F3N3O. The SMILES string of the molecule is CCC(C/C(N)=N/O)N(C)CC(F)(F)F. The predicted octanol–water partition coefficient (Wildman–Crippen LogP) is 1.40. The van der Waals surface area contributed by atoms with Crippen molar-refractivity contribution < 1.29 is 18.4 Å². The highest BCUT2D eigenvalue weighted by molar-refractivity contribution is 5.80. The molecule has 0 bridgehead atoms. The van der Waals surface area contributed by atoms with E-state index in [0.717, 1.165) is 4.90 Å². The van der Waals surface area contributed by atoms with Gasteiger partial charge >= 0.3 is 6.18 Å². The van der Waals surface area contributed by atoms with Crippen LogP contribution in [0.3, 0.4) is 0 Å². The number of nitrogens with two attached hydrogens (primary N) is 1. The second kappa shape index (κ2) is 5.79. The van der Waals surface area contributed by atoms with Gasteiger partial charge in [-0.05, 0) is 13.5 Å². The van der Waals surface area contributed by atoms with Crippen molar-refractivity contribution in [3.05, 3.63) is 0 Å². The molecule has 1 unspecified atom stereocenters. The van der Waals surface area contributed by atoms with Gasteiger partial charge in [-0.25, -0.2) is 0 Å². The van der Waals surface area contributed by atoms with E-state index in [1.165, 1.54) is 7.05 Å². The van der Waals surface area contributed by atoms with Gasteiger partial charge in [0.2, 0.25) is 0 Å². The number of hydrogen-bond donors (Lipinski definition) is 2. The van der Waals surface area contributed by atoms with E-state index in [4.69, 9.17) is 10.9 Å². The largest absolute Gasteiger partial charge is 0.409 e. The summed E-state index contributed by atoms with van der Waals surface area (Å²) in [7, 11) is 1.37. The lowest BCUT2D eigenvalue weighted by Gasteiger charge is -2.27. The third-order valence-corrected chi connectivity index (χ3v) is 2.10. The molecule has 0 heterocycles. The normalized spacial score (nSPS) is 15.7. The molecule has 0 aromatic heterocycles. The van der Waals surface area contributed by atoms with Crippen LogP contribution in [0.15, 0.2) is 5.16 Å². The lowest BCUT2D eigenvalue weighted by molar-refractivity contribution is -0.147. The molecule has 0 aliphatic heterocycles. The molecule has 1 atom stereocenters. The fraction of sp³-hybridized carbons (Fsp3) is 0.875. The average Bonchev–Trinajstić information content (AvgIpc) is 2.10. The Kier molecular flexibility index (Phi) is 5.41. The molecule has 4 nitrogen and oxygen atoms in total. The quantitative estimate of drug-likeness (QED) is 0.323. The van der Waals surface area contributed by atoms with Crippen LogP contribution in [0.4, 0.5) is 13.2 Å². The Hall–Kier alpha value is -0.980. The lowest BCUT2D eigenvalue weighted by atomic mass is 10.1. The van der Waals surface area contributed by atoms with Gasteiger partial charge in [0.15, 0.2) is 0 Å². The predicted molar refractivity (Wildman–Crippen MR) is 50.8 cm³/mol. The van der Waals surface area contributed by atoms with Crippen LogP contribution >= 0.6 is 0 Å². The second-order valence-corrected chi connectivity index (χ2v) is 3.39. The Balaban J connectivity index is 4.28. The van der Waals surface area contributed by atoms with Crippen molar-refractivity contribution in [3.8, 4) is 0 Å². The van der Waals surface area contributed by atoms with Gasteiger partial charge in [0.05, 0.1) is 6.54 Å². The number of nitrogens with zero attached hydrogens (tertiary/aromatic N) is 2. The summed E-state index contributed by atoms with van der Waals surface area (Å²) in [6, 6.07) is -0.373. The monoisotopic (exact) mass is 227 g/mol. The van der Waals surface area contributed by atoms with E-state index in [9.17, 15) is 13.2 Å². The minimum absolute atomic E-state index is 0.0594. The van der Waals surface area contributed by atoms with Crippen molar-refractivity contribution in [2.75, 3.05) is 13.6 Å². The van der Waals surface area contributed by atoms with Crippen molar-refractivity contribution in [3.63, 3.8) is 0 Å². The Bertz CT molecular complexity index is 218. The van der Waals surface area contributed by atoms with Gasteiger partial charge in [0.1, 0.15) is 5.84 Å². The molecule has 0 spiro atoms. The van der Waals surface area contributed by atoms with Gasteiger partial charge in [-0.3, -0.25) is 4.90 Å². The first kappa shape index (κ1) is 14.0. The molecule has 7 heteroatoms. The first-order valence-corrected chi connectivity index (χ1v) is 4.53. The van der Waals surface area contributed by atoms with Crippen molar-refractivity contribution in [2.24, 2.45) is 10.9 Å². The highest BCUT2D eigenvalue weighted by Crippen LogP contribution is 2.18. The zero-order valence-electron chi connectivity index (χ0n) is 8.75.